The number of halogens is 2. The van der Waals surface area contributed by atoms with Crippen LogP contribution in [0.15, 0.2) is 23.6 Å². The van der Waals surface area contributed by atoms with E-state index in [4.69, 9.17) is 23.2 Å². The molecule has 0 spiro atoms. The molecule has 1 aromatic heterocycles. The Balaban J connectivity index is 2.26. The van der Waals surface area contributed by atoms with Gasteiger partial charge in [0.15, 0.2) is 5.13 Å². The highest BCUT2D eigenvalue weighted by atomic mass is 35.5. The molecule has 2 aromatic rings. The van der Waals surface area contributed by atoms with Gasteiger partial charge in [-0.1, -0.05) is 23.2 Å². The topological polar surface area (TPSA) is 62.2 Å². The average molecular weight is 331 g/mol. The van der Waals surface area contributed by atoms with Gasteiger partial charge in [0.25, 0.3) is 0 Å². The fraction of sp³-hybridized carbons (Fsp3) is 0.231. The van der Waals surface area contributed by atoms with Crippen molar-refractivity contribution in [3.8, 4) is 0 Å². The highest BCUT2D eigenvalue weighted by molar-refractivity contribution is 7.13. The van der Waals surface area contributed by atoms with Crippen molar-refractivity contribution in [3.63, 3.8) is 0 Å². The number of aliphatic carboxylic acids is 1. The van der Waals surface area contributed by atoms with Crippen molar-refractivity contribution in [2.75, 3.05) is 5.32 Å². The quantitative estimate of drug-likeness (QED) is 0.862. The summed E-state index contributed by atoms with van der Waals surface area (Å²) in [6.45, 7) is 3.22. The second-order valence-corrected chi connectivity index (χ2v) is 6.42. The number of carboxylic acid groups (broad SMARTS) is 1. The summed E-state index contributed by atoms with van der Waals surface area (Å²) in [7, 11) is 0. The predicted molar refractivity (Wildman–Crippen MR) is 82.5 cm³/mol. The van der Waals surface area contributed by atoms with Gasteiger partial charge < -0.3 is 10.4 Å². The van der Waals surface area contributed by atoms with Crippen LogP contribution in [0.25, 0.3) is 0 Å². The largest absolute Gasteiger partial charge is 0.481 e. The van der Waals surface area contributed by atoms with E-state index in [-0.39, 0.29) is 0 Å². The van der Waals surface area contributed by atoms with E-state index in [0.29, 0.717) is 26.6 Å². The molecule has 4 nitrogen and oxygen atoms in total. The van der Waals surface area contributed by atoms with Gasteiger partial charge in [0, 0.05) is 10.4 Å². The summed E-state index contributed by atoms with van der Waals surface area (Å²) in [6.07, 6.45) is 0. The van der Waals surface area contributed by atoms with E-state index >= 15 is 0 Å². The molecule has 2 rings (SSSR count). The molecule has 0 bridgehead atoms. The van der Waals surface area contributed by atoms with Crippen LogP contribution < -0.4 is 5.32 Å². The van der Waals surface area contributed by atoms with Crippen LogP contribution in [-0.4, -0.2) is 16.1 Å². The second kappa shape index (κ2) is 5.60. The van der Waals surface area contributed by atoms with Crippen molar-refractivity contribution < 1.29 is 9.90 Å². The van der Waals surface area contributed by atoms with Crippen molar-refractivity contribution in [3.05, 3.63) is 39.3 Å². The van der Waals surface area contributed by atoms with Crippen molar-refractivity contribution >= 4 is 51.3 Å². The summed E-state index contributed by atoms with van der Waals surface area (Å²) in [6, 6.07) is 5.06. The maximum Gasteiger partial charge on any atom is 0.315 e. The lowest BCUT2D eigenvalue weighted by atomic mass is 9.90. The van der Waals surface area contributed by atoms with E-state index in [9.17, 15) is 9.90 Å². The van der Waals surface area contributed by atoms with Gasteiger partial charge in [-0.2, -0.15) is 0 Å². The number of benzene rings is 1. The molecule has 0 unspecified atom stereocenters. The number of nitrogens with one attached hydrogen (secondary N) is 1. The summed E-state index contributed by atoms with van der Waals surface area (Å²) in [5.41, 5.74) is 0.0954. The number of aromatic nitrogens is 1. The minimum atomic E-state index is -1.03. The Morgan fingerprint density at radius 1 is 1.40 bits per heavy atom. The first-order chi connectivity index (χ1) is 9.30. The average Bonchev–Trinajstić information content (AvgIpc) is 2.83. The Bertz CT molecular complexity index is 656. The minimum Gasteiger partial charge on any atom is -0.481 e. The zero-order valence-corrected chi connectivity index (χ0v) is 13.1. The lowest BCUT2D eigenvalue weighted by molar-refractivity contribution is -0.142. The van der Waals surface area contributed by atoms with Gasteiger partial charge >= 0.3 is 5.97 Å². The Morgan fingerprint density at radius 3 is 2.75 bits per heavy atom. The molecule has 0 aliphatic carbocycles. The summed E-state index contributed by atoms with van der Waals surface area (Å²) in [5.74, 6) is -0.921. The molecule has 2 N–H and O–H groups in total. The van der Waals surface area contributed by atoms with E-state index in [0.717, 1.165) is 0 Å². The number of thiazole rings is 1. The number of nitrogens with zero attached hydrogens (tertiary/aromatic N) is 1. The summed E-state index contributed by atoms with van der Waals surface area (Å²) >= 11 is 13.3. The zero-order chi connectivity index (χ0) is 14.9. The molecular formula is C13H12Cl2N2O2S. The maximum absolute atomic E-state index is 11.2. The van der Waals surface area contributed by atoms with Crippen LogP contribution in [0.2, 0.25) is 10.0 Å². The molecular weight excluding hydrogens is 319 g/mol. The molecule has 1 aromatic carbocycles. The molecule has 106 valence electrons. The molecule has 0 saturated carbocycles. The molecule has 20 heavy (non-hydrogen) atoms. The molecule has 0 radical (unpaired) electrons. The number of rotatable bonds is 4. The van der Waals surface area contributed by atoms with Crippen molar-refractivity contribution in [2.45, 2.75) is 19.3 Å². The minimum absolute atomic E-state index is 0.496. The fourth-order valence-electron chi connectivity index (χ4n) is 1.44. The third kappa shape index (κ3) is 3.06. The summed E-state index contributed by atoms with van der Waals surface area (Å²) < 4.78 is 0. The molecule has 0 aliphatic heterocycles. The molecule has 0 atom stereocenters. The highest BCUT2D eigenvalue weighted by Crippen LogP contribution is 2.32. The first-order valence-electron chi connectivity index (χ1n) is 5.72. The van der Waals surface area contributed by atoms with Crippen LogP contribution in [-0.2, 0) is 10.2 Å². The van der Waals surface area contributed by atoms with Gasteiger partial charge in [-0.05, 0) is 32.0 Å². The molecule has 0 aliphatic rings. The van der Waals surface area contributed by atoms with Crippen molar-refractivity contribution in [1.82, 2.24) is 4.98 Å². The first kappa shape index (κ1) is 15.1. The molecule has 0 saturated heterocycles. The Kier molecular flexibility index (Phi) is 4.22. The number of hydrogen-bond acceptors (Lipinski definition) is 4. The third-order valence-corrected chi connectivity index (χ3v) is 4.17. The van der Waals surface area contributed by atoms with Crippen LogP contribution in [0.4, 0.5) is 10.8 Å². The van der Waals surface area contributed by atoms with Crippen molar-refractivity contribution in [1.29, 1.82) is 0 Å². The lowest BCUT2D eigenvalue weighted by Gasteiger charge is -2.15. The number of hydrogen-bond donors (Lipinski definition) is 2. The second-order valence-electron chi connectivity index (χ2n) is 4.72. The van der Waals surface area contributed by atoms with E-state index in [1.54, 1.807) is 37.4 Å². The number of carbonyl (C=O) groups is 1. The van der Waals surface area contributed by atoms with Crippen LogP contribution in [0.3, 0.4) is 0 Å². The molecule has 7 heteroatoms. The zero-order valence-electron chi connectivity index (χ0n) is 10.8. The highest BCUT2D eigenvalue weighted by Gasteiger charge is 2.32. The molecule has 0 amide bonds. The van der Waals surface area contributed by atoms with Gasteiger partial charge in [0.1, 0.15) is 5.41 Å². The van der Waals surface area contributed by atoms with Crippen LogP contribution in [0, 0.1) is 0 Å². The Labute approximate surface area is 130 Å². The third-order valence-electron chi connectivity index (χ3n) is 2.85. The molecule has 0 fully saturated rings. The van der Waals surface area contributed by atoms with Gasteiger partial charge in [-0.15, -0.1) is 11.3 Å². The summed E-state index contributed by atoms with van der Waals surface area (Å²) in [5, 5.41) is 15.6. The molecule has 1 heterocycles. The van der Waals surface area contributed by atoms with E-state index in [2.05, 4.69) is 10.3 Å². The Morgan fingerprint density at radius 2 is 2.10 bits per heavy atom. The Hall–Kier alpha value is -1.30. The van der Waals surface area contributed by atoms with Crippen LogP contribution in [0.1, 0.15) is 19.5 Å². The van der Waals surface area contributed by atoms with Crippen LogP contribution in [0.5, 0.6) is 0 Å². The smallest absolute Gasteiger partial charge is 0.315 e. The lowest BCUT2D eigenvalue weighted by Crippen LogP contribution is -2.28. The number of carboxylic acids is 1. The van der Waals surface area contributed by atoms with Gasteiger partial charge in [0.05, 0.1) is 16.4 Å². The predicted octanol–water partition coefficient (Wildman–Crippen LogP) is 4.56. The van der Waals surface area contributed by atoms with Gasteiger partial charge in [0.2, 0.25) is 0 Å². The fourth-order valence-corrected chi connectivity index (χ4v) is 2.66. The normalized spacial score (nSPS) is 11.4. The van der Waals surface area contributed by atoms with Gasteiger partial charge in [-0.25, -0.2) is 4.98 Å². The monoisotopic (exact) mass is 330 g/mol. The van der Waals surface area contributed by atoms with E-state index < -0.39 is 11.4 Å². The van der Waals surface area contributed by atoms with E-state index in [1.165, 1.54) is 11.3 Å². The van der Waals surface area contributed by atoms with Crippen LogP contribution >= 0.6 is 34.5 Å². The standard InChI is InChI=1S/C13H12Cl2N2O2S/c1-13(2,11(18)19)10-6-20-12(17-10)16-9-5-7(14)3-4-8(9)15/h3-6H,1-2H3,(H,16,17)(H,18,19). The van der Waals surface area contributed by atoms with E-state index in [1.807, 2.05) is 0 Å². The van der Waals surface area contributed by atoms with Crippen molar-refractivity contribution in [2.24, 2.45) is 0 Å². The maximum atomic E-state index is 11.2. The summed E-state index contributed by atoms with van der Waals surface area (Å²) in [4.78, 5) is 15.5. The van der Waals surface area contributed by atoms with Gasteiger partial charge in [-0.3, -0.25) is 4.79 Å². The number of anilines is 2. The first-order valence-corrected chi connectivity index (χ1v) is 7.36. The SMILES string of the molecule is CC(C)(C(=O)O)c1csc(Nc2cc(Cl)ccc2Cl)n1.